The maximum absolute atomic E-state index is 11.6. The molecule has 0 heterocycles. The van der Waals surface area contributed by atoms with Crippen LogP contribution >= 0.6 is 11.8 Å². The van der Waals surface area contributed by atoms with Crippen LogP contribution in [0.15, 0.2) is 29.2 Å². The third kappa shape index (κ3) is 7.60. The van der Waals surface area contributed by atoms with Gasteiger partial charge in [-0.3, -0.25) is 9.59 Å². The molecule has 0 aliphatic heterocycles. The van der Waals surface area contributed by atoms with Gasteiger partial charge >= 0.3 is 0 Å². The predicted octanol–water partition coefficient (Wildman–Crippen LogP) is 1.82. The van der Waals surface area contributed by atoms with Crippen molar-refractivity contribution in [2.75, 3.05) is 25.4 Å². The SMILES string of the molecule is CCCNC(=O)CNC(=O)CSc1ccc(OCC)cc1. The van der Waals surface area contributed by atoms with E-state index in [1.54, 1.807) is 0 Å². The fraction of sp³-hybridized carbons (Fsp3) is 0.467. The summed E-state index contributed by atoms with van der Waals surface area (Å²) in [7, 11) is 0. The third-order valence-corrected chi connectivity index (χ3v) is 3.53. The minimum atomic E-state index is -0.156. The largest absolute Gasteiger partial charge is 0.494 e. The molecule has 0 bridgehead atoms. The van der Waals surface area contributed by atoms with Crippen LogP contribution in [0.4, 0.5) is 0 Å². The van der Waals surface area contributed by atoms with Crippen LogP contribution in [0.5, 0.6) is 5.75 Å². The van der Waals surface area contributed by atoms with E-state index in [0.29, 0.717) is 13.2 Å². The number of amides is 2. The molecule has 1 aromatic carbocycles. The van der Waals surface area contributed by atoms with Crippen molar-refractivity contribution in [3.05, 3.63) is 24.3 Å². The number of carbonyl (C=O) groups excluding carboxylic acids is 2. The zero-order valence-corrected chi connectivity index (χ0v) is 13.3. The summed E-state index contributed by atoms with van der Waals surface area (Å²) in [5, 5.41) is 5.30. The standard InChI is InChI=1S/C15H22N2O3S/c1-3-9-16-14(18)10-17-15(19)11-21-13-7-5-12(6-8-13)20-4-2/h5-8H,3-4,9-11H2,1-2H3,(H,16,18)(H,17,19). The van der Waals surface area contributed by atoms with Crippen LogP contribution in [0.1, 0.15) is 20.3 Å². The summed E-state index contributed by atoms with van der Waals surface area (Å²) in [4.78, 5) is 24.0. The first kappa shape index (κ1) is 17.4. The number of hydrogen-bond donors (Lipinski definition) is 2. The zero-order chi connectivity index (χ0) is 15.5. The summed E-state index contributed by atoms with van der Waals surface area (Å²) in [6.07, 6.45) is 0.882. The molecule has 0 unspecified atom stereocenters. The molecule has 5 nitrogen and oxygen atoms in total. The molecule has 0 fully saturated rings. The highest BCUT2D eigenvalue weighted by Gasteiger charge is 2.06. The van der Waals surface area contributed by atoms with Crippen molar-refractivity contribution >= 4 is 23.6 Å². The molecule has 0 aliphatic carbocycles. The zero-order valence-electron chi connectivity index (χ0n) is 12.5. The maximum Gasteiger partial charge on any atom is 0.239 e. The minimum absolute atomic E-state index is 0.0304. The van der Waals surface area contributed by atoms with Gasteiger partial charge in [0.2, 0.25) is 11.8 Å². The van der Waals surface area contributed by atoms with E-state index in [4.69, 9.17) is 4.74 Å². The second-order valence-corrected chi connectivity index (χ2v) is 5.37. The monoisotopic (exact) mass is 310 g/mol. The number of nitrogens with one attached hydrogen (secondary N) is 2. The average Bonchev–Trinajstić information content (AvgIpc) is 2.50. The summed E-state index contributed by atoms with van der Waals surface area (Å²) in [5.74, 6) is 0.797. The summed E-state index contributed by atoms with van der Waals surface area (Å²) in [5.41, 5.74) is 0. The minimum Gasteiger partial charge on any atom is -0.494 e. The normalized spacial score (nSPS) is 10.0. The van der Waals surface area contributed by atoms with E-state index in [1.165, 1.54) is 11.8 Å². The van der Waals surface area contributed by atoms with Crippen molar-refractivity contribution in [3.63, 3.8) is 0 Å². The first-order valence-corrected chi connectivity index (χ1v) is 8.03. The van der Waals surface area contributed by atoms with Crippen LogP contribution in [0.25, 0.3) is 0 Å². The molecule has 0 spiro atoms. The summed E-state index contributed by atoms with van der Waals surface area (Å²) >= 11 is 1.43. The Labute approximate surface area is 129 Å². The van der Waals surface area contributed by atoms with Gasteiger partial charge in [-0.1, -0.05) is 6.92 Å². The van der Waals surface area contributed by atoms with Crippen LogP contribution in [0.3, 0.4) is 0 Å². The van der Waals surface area contributed by atoms with Gasteiger partial charge in [-0.15, -0.1) is 11.8 Å². The number of hydrogen-bond acceptors (Lipinski definition) is 4. The lowest BCUT2D eigenvalue weighted by Crippen LogP contribution is -2.37. The highest BCUT2D eigenvalue weighted by atomic mass is 32.2. The van der Waals surface area contributed by atoms with Gasteiger partial charge in [-0.2, -0.15) is 0 Å². The molecule has 0 aliphatic rings. The Morgan fingerprint density at radius 2 is 1.81 bits per heavy atom. The Morgan fingerprint density at radius 3 is 2.43 bits per heavy atom. The average molecular weight is 310 g/mol. The van der Waals surface area contributed by atoms with E-state index >= 15 is 0 Å². The highest BCUT2D eigenvalue weighted by Crippen LogP contribution is 2.21. The van der Waals surface area contributed by atoms with Gasteiger partial charge in [-0.05, 0) is 37.6 Å². The maximum atomic E-state index is 11.6. The first-order valence-electron chi connectivity index (χ1n) is 7.04. The molecule has 0 atom stereocenters. The van der Waals surface area contributed by atoms with Gasteiger partial charge in [0.05, 0.1) is 18.9 Å². The topological polar surface area (TPSA) is 67.4 Å². The molecule has 2 N–H and O–H groups in total. The Kier molecular flexibility index (Phi) is 8.35. The summed E-state index contributed by atoms with van der Waals surface area (Å²) < 4.78 is 5.35. The first-order chi connectivity index (χ1) is 10.2. The van der Waals surface area contributed by atoms with E-state index in [0.717, 1.165) is 17.1 Å². The van der Waals surface area contributed by atoms with Crippen LogP contribution in [-0.4, -0.2) is 37.3 Å². The van der Waals surface area contributed by atoms with Gasteiger partial charge in [0, 0.05) is 11.4 Å². The van der Waals surface area contributed by atoms with Crippen molar-refractivity contribution in [3.8, 4) is 5.75 Å². The number of rotatable bonds is 9. The molecule has 1 rings (SSSR count). The highest BCUT2D eigenvalue weighted by molar-refractivity contribution is 8.00. The molecular weight excluding hydrogens is 288 g/mol. The lowest BCUT2D eigenvalue weighted by Gasteiger charge is -2.07. The van der Waals surface area contributed by atoms with E-state index < -0.39 is 0 Å². The van der Waals surface area contributed by atoms with Gasteiger partial charge in [0.15, 0.2) is 0 Å². The quantitative estimate of drug-likeness (QED) is 0.683. The Morgan fingerprint density at radius 1 is 1.10 bits per heavy atom. The van der Waals surface area contributed by atoms with Crippen molar-refractivity contribution < 1.29 is 14.3 Å². The fourth-order valence-electron chi connectivity index (χ4n) is 1.50. The molecule has 1 aromatic rings. The number of thioether (sulfide) groups is 1. The van der Waals surface area contributed by atoms with E-state index in [1.807, 2.05) is 38.1 Å². The van der Waals surface area contributed by atoms with Crippen LogP contribution < -0.4 is 15.4 Å². The molecular formula is C15H22N2O3S. The Hall–Kier alpha value is -1.69. The van der Waals surface area contributed by atoms with E-state index in [9.17, 15) is 9.59 Å². The van der Waals surface area contributed by atoms with Crippen molar-refractivity contribution in [1.29, 1.82) is 0 Å². The Bertz CT molecular complexity index is 449. The van der Waals surface area contributed by atoms with Gasteiger partial charge in [0.1, 0.15) is 5.75 Å². The summed E-state index contributed by atoms with van der Waals surface area (Å²) in [6.45, 7) is 5.21. The molecule has 2 amide bonds. The second-order valence-electron chi connectivity index (χ2n) is 4.32. The lowest BCUT2D eigenvalue weighted by molar-refractivity contribution is -0.124. The molecule has 0 saturated heterocycles. The van der Waals surface area contributed by atoms with Gasteiger partial charge < -0.3 is 15.4 Å². The molecule has 0 radical (unpaired) electrons. The third-order valence-electron chi connectivity index (χ3n) is 2.52. The lowest BCUT2D eigenvalue weighted by atomic mass is 10.3. The van der Waals surface area contributed by atoms with Crippen LogP contribution in [0.2, 0.25) is 0 Å². The smallest absolute Gasteiger partial charge is 0.239 e. The number of benzene rings is 1. The summed E-state index contributed by atoms with van der Waals surface area (Å²) in [6, 6.07) is 7.58. The molecule has 0 aromatic heterocycles. The Balaban J connectivity index is 2.24. The van der Waals surface area contributed by atoms with Gasteiger partial charge in [0.25, 0.3) is 0 Å². The van der Waals surface area contributed by atoms with Crippen LogP contribution in [0, 0.1) is 0 Å². The van der Waals surface area contributed by atoms with E-state index in [-0.39, 0.29) is 24.1 Å². The molecule has 116 valence electrons. The number of carbonyl (C=O) groups is 2. The molecule has 6 heteroatoms. The van der Waals surface area contributed by atoms with Crippen molar-refractivity contribution in [1.82, 2.24) is 10.6 Å². The van der Waals surface area contributed by atoms with E-state index in [2.05, 4.69) is 10.6 Å². The predicted molar refractivity (Wildman–Crippen MR) is 84.6 cm³/mol. The number of ether oxygens (including phenoxy) is 1. The fourth-order valence-corrected chi connectivity index (χ4v) is 2.23. The van der Waals surface area contributed by atoms with Gasteiger partial charge in [-0.25, -0.2) is 0 Å². The van der Waals surface area contributed by atoms with Crippen LogP contribution in [-0.2, 0) is 9.59 Å². The second kappa shape index (κ2) is 10.1. The van der Waals surface area contributed by atoms with Crippen molar-refractivity contribution in [2.45, 2.75) is 25.2 Å². The molecule has 21 heavy (non-hydrogen) atoms. The van der Waals surface area contributed by atoms with Crippen molar-refractivity contribution in [2.24, 2.45) is 0 Å². The molecule has 0 saturated carbocycles.